The van der Waals surface area contributed by atoms with E-state index in [9.17, 15) is 0 Å². The van der Waals surface area contributed by atoms with Crippen molar-refractivity contribution in [2.24, 2.45) is 0 Å². The molecule has 0 rings (SSSR count). The molecule has 6 heavy (non-hydrogen) atoms. The molecule has 0 heterocycles. The monoisotopic (exact) mass is 259 g/mol. The van der Waals surface area contributed by atoms with Gasteiger partial charge < -0.3 is 0 Å². The van der Waals surface area contributed by atoms with Crippen LogP contribution in [-0.4, -0.2) is 0 Å². The van der Waals surface area contributed by atoms with E-state index < -0.39 is 52.6 Å². The fourth-order valence-corrected chi connectivity index (χ4v) is 0. The summed E-state index contributed by atoms with van der Waals surface area (Å²) in [5.41, 5.74) is 0. The van der Waals surface area contributed by atoms with Crippen LogP contribution in [0.4, 0.5) is 0 Å². The van der Waals surface area contributed by atoms with Gasteiger partial charge >= 0.3 is 62.2 Å². The minimum absolute atomic E-state index is 1.44. The molecular formula is CeMnO4. The molecule has 6 heteroatoms. The molecule has 0 radical (unpaired) electrons. The van der Waals surface area contributed by atoms with E-state index in [1.54, 1.807) is 0 Å². The third-order valence-electron chi connectivity index (χ3n) is 0. The molecule has 0 aromatic heterocycles. The van der Waals surface area contributed by atoms with Crippen LogP contribution in [0, 0.1) is 37.8 Å². The Labute approximate surface area is 61.2 Å². The molecule has 0 spiro atoms. The normalized spacial score (nSPS) is 3.33. The molecule has 0 unspecified atom stereocenters. The molecule has 0 bridgehead atoms. The Balaban J connectivity index is 0. The van der Waals surface area contributed by atoms with Gasteiger partial charge in [-0.25, -0.2) is 0 Å². The number of hydrogen-bond donors (Lipinski definition) is 0. The first-order chi connectivity index (χ1) is 2.83. The van der Waals surface area contributed by atoms with Gasteiger partial charge in [-0.3, -0.25) is 0 Å². The fraction of sp³-hybridized carbons (Fsp3) is 0. The second kappa shape index (κ2) is 16.5. The van der Waals surface area contributed by atoms with Gasteiger partial charge in [0.1, 0.15) is 0 Å². The maximum atomic E-state index is 8.57. The van der Waals surface area contributed by atoms with Gasteiger partial charge in [0, 0.05) is 0 Å². The molecule has 0 saturated carbocycles. The van der Waals surface area contributed by atoms with E-state index in [2.05, 4.69) is 0 Å². The molecule has 0 N–H and O–H groups in total. The van der Waals surface area contributed by atoms with E-state index in [1.165, 1.54) is 0 Å². The fourth-order valence-electron chi connectivity index (χ4n) is 0. The van der Waals surface area contributed by atoms with Crippen LogP contribution in [0.2, 0.25) is 0 Å². The van der Waals surface area contributed by atoms with Crippen molar-refractivity contribution in [3.63, 3.8) is 0 Å². The Kier molecular flexibility index (Phi) is 28.0. The van der Waals surface area contributed by atoms with Gasteiger partial charge in [-0.2, -0.15) is 0 Å². The van der Waals surface area contributed by atoms with E-state index in [-0.39, 0.29) is 0 Å². The van der Waals surface area contributed by atoms with E-state index in [0.29, 0.717) is 0 Å². The van der Waals surface area contributed by atoms with Gasteiger partial charge in [-0.1, -0.05) is 0 Å². The second-order valence-electron chi connectivity index (χ2n) is 0.146. The standard InChI is InChI=1S/Ce.Mn.4O. The molecule has 0 amide bonds. The molecule has 0 aromatic rings. The van der Waals surface area contributed by atoms with E-state index in [1.807, 2.05) is 0 Å². The van der Waals surface area contributed by atoms with Crippen LogP contribution < -0.4 is 0 Å². The summed E-state index contributed by atoms with van der Waals surface area (Å²) in [5.74, 6) is 0. The molecule has 0 aromatic carbocycles. The Morgan fingerprint density at radius 1 is 1.17 bits per heavy atom. The summed E-state index contributed by atoms with van der Waals surface area (Å²) in [4.78, 5) is 0. The molecule has 0 aliphatic heterocycles. The molecular weight excluding hydrogens is 259 g/mol. The number of hydrogen-bond acceptors (Lipinski definition) is 4. The molecule has 0 saturated heterocycles. The molecule has 0 fully saturated rings. The van der Waals surface area contributed by atoms with Crippen molar-refractivity contribution < 1.29 is 62.2 Å². The Bertz CT molecular complexity index is 61.5. The van der Waals surface area contributed by atoms with Crippen LogP contribution in [0.25, 0.3) is 0 Å². The first-order valence-corrected chi connectivity index (χ1v) is 4.24. The van der Waals surface area contributed by atoms with Gasteiger partial charge in [0.05, 0.1) is 0 Å². The van der Waals surface area contributed by atoms with Crippen molar-refractivity contribution in [3.8, 4) is 0 Å². The van der Waals surface area contributed by atoms with Crippen LogP contribution in [0.3, 0.4) is 0 Å². The summed E-state index contributed by atoms with van der Waals surface area (Å²) < 4.78 is 34.0. The van der Waals surface area contributed by atoms with Gasteiger partial charge in [-0.15, -0.1) is 0 Å². The average Bonchev–Trinajstić information content (AvgIpc) is 1.39. The predicted molar refractivity (Wildman–Crippen MR) is 2.75 cm³/mol. The Morgan fingerprint density at radius 3 is 1.17 bits per heavy atom. The Hall–Kier alpha value is 1.10. The van der Waals surface area contributed by atoms with Crippen molar-refractivity contribution in [2.75, 3.05) is 0 Å². The van der Waals surface area contributed by atoms with Crippen molar-refractivity contribution in [3.05, 3.63) is 0 Å². The third-order valence-corrected chi connectivity index (χ3v) is 0. The SMILES string of the molecule is [O]=[Ce]=[O].[O]=[Mn]=[O]. The zero-order valence-electron chi connectivity index (χ0n) is 2.51. The van der Waals surface area contributed by atoms with E-state index in [4.69, 9.17) is 9.55 Å². The topological polar surface area (TPSA) is 68.3 Å². The van der Waals surface area contributed by atoms with Crippen molar-refractivity contribution >= 4 is 0 Å². The van der Waals surface area contributed by atoms with Crippen molar-refractivity contribution in [1.82, 2.24) is 0 Å². The van der Waals surface area contributed by atoms with E-state index >= 15 is 0 Å². The van der Waals surface area contributed by atoms with Crippen LogP contribution >= 0.6 is 0 Å². The summed E-state index contributed by atoms with van der Waals surface area (Å²) in [6.45, 7) is 0. The Morgan fingerprint density at radius 2 is 1.17 bits per heavy atom. The summed E-state index contributed by atoms with van der Waals surface area (Å²) >= 11 is -3.85. The summed E-state index contributed by atoms with van der Waals surface area (Å²) in [6.07, 6.45) is 0. The summed E-state index contributed by atoms with van der Waals surface area (Å²) in [6, 6.07) is 0. The van der Waals surface area contributed by atoms with Crippen molar-refractivity contribution in [1.29, 1.82) is 0 Å². The van der Waals surface area contributed by atoms with Crippen molar-refractivity contribution in [2.45, 2.75) is 0 Å². The first-order valence-electron chi connectivity index (χ1n) is 0.717. The van der Waals surface area contributed by atoms with Gasteiger partial charge in [-0.05, 0) is 0 Å². The quantitative estimate of drug-likeness (QED) is 0.551. The van der Waals surface area contributed by atoms with Crippen LogP contribution in [0.1, 0.15) is 0 Å². The third kappa shape index (κ3) is 71.2. The minimum atomic E-state index is -2.42. The summed E-state index contributed by atoms with van der Waals surface area (Å²) in [5, 5.41) is 0. The van der Waals surface area contributed by atoms with Gasteiger partial charge in [0.25, 0.3) is 0 Å². The molecule has 35 valence electrons. The molecule has 0 atom stereocenters. The van der Waals surface area contributed by atoms with E-state index in [0.717, 1.165) is 0 Å². The zero-order valence-corrected chi connectivity index (χ0v) is 6.83. The summed E-state index contributed by atoms with van der Waals surface area (Å²) in [7, 11) is 0. The number of rotatable bonds is 0. The van der Waals surface area contributed by atoms with Gasteiger partial charge in [0.15, 0.2) is 0 Å². The second-order valence-corrected chi connectivity index (χ2v) is 0.866. The average molecular weight is 259 g/mol. The first kappa shape index (κ1) is 10.2. The molecule has 4 nitrogen and oxygen atoms in total. The van der Waals surface area contributed by atoms with Crippen LogP contribution in [0.5, 0.6) is 0 Å². The van der Waals surface area contributed by atoms with Crippen LogP contribution in [-0.2, 0) is 24.4 Å². The van der Waals surface area contributed by atoms with Crippen LogP contribution in [0.15, 0.2) is 0 Å². The maximum absolute atomic E-state index is 8.57. The predicted octanol–water partition coefficient (Wildman–Crippen LogP) is -0.478. The zero-order chi connectivity index (χ0) is 5.41. The molecule has 0 aliphatic carbocycles. The van der Waals surface area contributed by atoms with Gasteiger partial charge in [0.2, 0.25) is 0 Å². The molecule has 0 aliphatic rings.